The number of carbonyl (C=O) groups excluding carboxylic acids is 1. The Bertz CT molecular complexity index is 959. The van der Waals surface area contributed by atoms with Crippen molar-refractivity contribution in [3.63, 3.8) is 0 Å². The zero-order chi connectivity index (χ0) is 29.0. The average molecular weight is 672 g/mol. The molecule has 0 aliphatic carbocycles. The van der Waals surface area contributed by atoms with Gasteiger partial charge >= 0.3 is 17.9 Å². The number of carboxylic acid groups (broad SMARTS) is 2. The Morgan fingerprint density at radius 2 is 1.54 bits per heavy atom. The number of rotatable bonds is 6. The molecule has 1 unspecified atom stereocenters. The zero-order valence-corrected chi connectivity index (χ0v) is 25.2. The molecule has 5 rings (SSSR count). The first kappa shape index (κ1) is 39.8. The number of nitrogens with zero attached hydrogens (tertiary/aromatic N) is 5. The van der Waals surface area contributed by atoms with E-state index in [2.05, 4.69) is 25.1 Å². The fourth-order valence-corrected chi connectivity index (χ4v) is 2.63. The first-order valence-corrected chi connectivity index (χ1v) is 12.4. The van der Waals surface area contributed by atoms with Crippen molar-refractivity contribution in [1.29, 1.82) is 0 Å². The normalized spacial score (nSPS) is 17.5. The van der Waals surface area contributed by atoms with Gasteiger partial charge < -0.3 is 32.2 Å². The monoisotopic (exact) mass is 671 g/mol. The summed E-state index contributed by atoms with van der Waals surface area (Å²) in [5.41, 5.74) is 0. The van der Waals surface area contributed by atoms with Crippen LogP contribution >= 0.6 is 0 Å². The van der Waals surface area contributed by atoms with Crippen molar-refractivity contribution in [2.75, 3.05) is 13.2 Å². The van der Waals surface area contributed by atoms with Crippen LogP contribution in [0.5, 0.6) is 0 Å². The number of ether oxygens (including phenoxy) is 2. The van der Waals surface area contributed by atoms with Crippen LogP contribution in [0.25, 0.3) is 0 Å². The molecule has 2 fully saturated rings. The van der Waals surface area contributed by atoms with Crippen molar-refractivity contribution < 1.29 is 59.6 Å². The summed E-state index contributed by atoms with van der Waals surface area (Å²) < 4.78 is 12.3. The van der Waals surface area contributed by atoms with Crippen molar-refractivity contribution >= 4 is 17.9 Å². The molecule has 5 heterocycles. The number of cyclic esters (lactones) is 1. The molecule has 4 N–H and O–H groups in total. The van der Waals surface area contributed by atoms with E-state index < -0.39 is 18.2 Å². The Labute approximate surface area is 253 Å². The Morgan fingerprint density at radius 3 is 1.71 bits per heavy atom. The predicted molar refractivity (Wildman–Crippen MR) is 144 cm³/mol. The molecule has 3 aromatic heterocycles. The van der Waals surface area contributed by atoms with Gasteiger partial charge in [0.1, 0.15) is 6.61 Å². The molecule has 0 saturated carbocycles. The molecule has 2 aliphatic rings. The molecule has 15 heteroatoms. The van der Waals surface area contributed by atoms with E-state index >= 15 is 0 Å². The SMILES string of the molecule is C[C@@H](Cn1cccn1)C(=O)O.C[C@@H](Cn1cccn1)C(=O)O.C[C@H]1COC1=O.OC1CCCO1.[CH3-].[Pd].c1cn[nH]c1. The number of aromatic nitrogens is 6. The standard InChI is InChI=1S/2C7H10N2O2.C4H6O2.C4H8O2.C3H4N2.CH3.Pd/c2*1-6(7(10)11)5-9-4-2-3-8-9;1-3-2-6-4(3)5;5-4-2-1-3-6-4;1-2-4-5-3-1;;/h2*2-4,6H,5H2,1H3,(H,10,11);3H,2H2,1H3;4-5H,1-3H2;1-3H,(H,4,5);1H3;/q;;;;;-1;/t2*6-;3-;;;;/m000..../s1. The molecule has 4 atom stereocenters. The fourth-order valence-electron chi connectivity index (χ4n) is 2.63. The molecule has 2 aliphatic heterocycles. The molecule has 14 nitrogen and oxygen atoms in total. The summed E-state index contributed by atoms with van der Waals surface area (Å²) >= 11 is 0. The number of hydrogen-bond donors (Lipinski definition) is 4. The fraction of sp³-hybridized carbons (Fsp3) is 0.500. The second kappa shape index (κ2) is 23.3. The number of H-pyrrole nitrogens is 1. The Morgan fingerprint density at radius 1 is 1.02 bits per heavy atom. The van der Waals surface area contributed by atoms with Crippen molar-refractivity contribution in [3.05, 3.63) is 62.8 Å². The Balaban J connectivity index is 0. The predicted octanol–water partition coefficient (Wildman–Crippen LogP) is 2.36. The maximum Gasteiger partial charge on any atom is 0.312 e. The molecule has 0 radical (unpaired) electrons. The van der Waals surface area contributed by atoms with Gasteiger partial charge in [0.05, 0.1) is 30.8 Å². The van der Waals surface area contributed by atoms with Crippen molar-refractivity contribution in [2.24, 2.45) is 17.8 Å². The summed E-state index contributed by atoms with van der Waals surface area (Å²) in [6.07, 6.45) is 11.6. The van der Waals surface area contributed by atoms with Gasteiger partial charge in [0.2, 0.25) is 0 Å². The number of aromatic amines is 1. The van der Waals surface area contributed by atoms with E-state index in [-0.39, 0.29) is 51.6 Å². The van der Waals surface area contributed by atoms with Crippen LogP contribution < -0.4 is 0 Å². The van der Waals surface area contributed by atoms with E-state index in [0.29, 0.717) is 19.7 Å². The van der Waals surface area contributed by atoms with Crippen LogP contribution in [-0.4, -0.2) is 82.5 Å². The quantitative estimate of drug-likeness (QED) is 0.171. The van der Waals surface area contributed by atoms with Crippen LogP contribution in [0.3, 0.4) is 0 Å². The number of carboxylic acids is 2. The largest absolute Gasteiger partial charge is 0.481 e. The Hall–Kier alpha value is -3.38. The topological polar surface area (TPSA) is 195 Å². The molecular formula is C26H41N6O8Pd-. The van der Waals surface area contributed by atoms with Crippen LogP contribution in [0, 0.1) is 25.2 Å². The van der Waals surface area contributed by atoms with Gasteiger partial charge in [0, 0.05) is 70.6 Å². The third-order valence-electron chi connectivity index (χ3n) is 5.07. The summed E-state index contributed by atoms with van der Waals surface area (Å²) in [5, 5.41) is 39.6. The van der Waals surface area contributed by atoms with Crippen LogP contribution in [0.1, 0.15) is 33.6 Å². The first-order chi connectivity index (χ1) is 18.6. The number of aliphatic hydroxyl groups excluding tert-OH is 1. The summed E-state index contributed by atoms with van der Waals surface area (Å²) in [4.78, 5) is 30.8. The molecule has 2 saturated heterocycles. The summed E-state index contributed by atoms with van der Waals surface area (Å²) in [6.45, 7) is 7.39. The van der Waals surface area contributed by atoms with Crippen LogP contribution in [0.2, 0.25) is 0 Å². The van der Waals surface area contributed by atoms with E-state index in [1.165, 1.54) is 0 Å². The summed E-state index contributed by atoms with van der Waals surface area (Å²) in [7, 11) is 0. The summed E-state index contributed by atoms with van der Waals surface area (Å²) in [6, 6.07) is 5.38. The number of aliphatic carboxylic acids is 2. The molecule has 234 valence electrons. The smallest absolute Gasteiger partial charge is 0.312 e. The third-order valence-corrected chi connectivity index (χ3v) is 5.07. The third kappa shape index (κ3) is 19.4. The number of hydrogen-bond acceptors (Lipinski definition) is 9. The van der Waals surface area contributed by atoms with Crippen molar-refractivity contribution in [2.45, 2.75) is 53.0 Å². The van der Waals surface area contributed by atoms with Crippen LogP contribution in [-0.2, 0) is 57.4 Å². The van der Waals surface area contributed by atoms with Gasteiger partial charge in [0.15, 0.2) is 6.29 Å². The van der Waals surface area contributed by atoms with Crippen LogP contribution in [0.15, 0.2) is 55.4 Å². The van der Waals surface area contributed by atoms with E-state index in [4.69, 9.17) is 20.1 Å². The van der Waals surface area contributed by atoms with Gasteiger partial charge in [-0.05, 0) is 31.5 Å². The summed E-state index contributed by atoms with van der Waals surface area (Å²) in [5.74, 6) is -2.23. The molecule has 0 spiro atoms. The second-order valence-corrected chi connectivity index (χ2v) is 8.70. The van der Waals surface area contributed by atoms with E-state index in [1.54, 1.807) is 72.5 Å². The van der Waals surface area contributed by atoms with Gasteiger partial charge in [0.25, 0.3) is 0 Å². The van der Waals surface area contributed by atoms with E-state index in [0.717, 1.165) is 19.4 Å². The number of carbonyl (C=O) groups is 3. The maximum absolute atomic E-state index is 10.4. The zero-order valence-electron chi connectivity index (χ0n) is 23.7. The first-order valence-electron chi connectivity index (χ1n) is 12.4. The van der Waals surface area contributed by atoms with Gasteiger partial charge in [-0.1, -0.05) is 13.8 Å². The van der Waals surface area contributed by atoms with Gasteiger partial charge in [-0.2, -0.15) is 15.3 Å². The van der Waals surface area contributed by atoms with Gasteiger partial charge in [-0.15, -0.1) is 0 Å². The van der Waals surface area contributed by atoms with Gasteiger partial charge in [-0.25, -0.2) is 0 Å². The second-order valence-electron chi connectivity index (χ2n) is 8.70. The molecule has 0 bridgehead atoms. The van der Waals surface area contributed by atoms with E-state index in [1.807, 2.05) is 13.0 Å². The molecule has 3 aromatic rings. The van der Waals surface area contributed by atoms with Crippen LogP contribution in [0.4, 0.5) is 0 Å². The van der Waals surface area contributed by atoms with E-state index in [9.17, 15) is 14.4 Å². The minimum absolute atomic E-state index is 0. The average Bonchev–Trinajstić information content (AvgIpc) is 3.73. The molecule has 0 amide bonds. The van der Waals surface area contributed by atoms with Gasteiger partial charge in [-0.3, -0.25) is 28.8 Å². The maximum atomic E-state index is 10.4. The van der Waals surface area contributed by atoms with Crippen molar-refractivity contribution in [3.8, 4) is 0 Å². The number of nitrogens with one attached hydrogen (secondary N) is 1. The minimum atomic E-state index is -0.791. The molecular weight excluding hydrogens is 631 g/mol. The molecule has 41 heavy (non-hydrogen) atoms. The molecule has 0 aromatic carbocycles. The number of aliphatic hydroxyl groups is 1. The Kier molecular flexibility index (Phi) is 22.6. The minimum Gasteiger partial charge on any atom is -0.481 e. The van der Waals surface area contributed by atoms with Crippen molar-refractivity contribution in [1.82, 2.24) is 29.8 Å². The number of esters is 1.